The standard InChI is InChI=1S/C19H18N6S/c1-24-17(20)15-16(14-7-4-10-26-14)21-19(22-18(15)23-24)25-9-8-12-5-2-3-6-13(12)11-25/h2-7,10H,8-9,11,20H2,1H3. The number of rotatable bonds is 2. The van der Waals surface area contributed by atoms with Gasteiger partial charge in [-0.2, -0.15) is 10.1 Å². The number of fused-ring (bicyclic) bond motifs is 2. The van der Waals surface area contributed by atoms with Crippen molar-refractivity contribution in [2.24, 2.45) is 7.05 Å². The van der Waals surface area contributed by atoms with Gasteiger partial charge in [-0.25, -0.2) is 4.98 Å². The van der Waals surface area contributed by atoms with Gasteiger partial charge in [-0.15, -0.1) is 11.3 Å². The van der Waals surface area contributed by atoms with Gasteiger partial charge in [-0.1, -0.05) is 30.3 Å². The van der Waals surface area contributed by atoms with Crippen LogP contribution in [-0.2, 0) is 20.0 Å². The minimum Gasteiger partial charge on any atom is -0.383 e. The Morgan fingerprint density at radius 2 is 1.92 bits per heavy atom. The van der Waals surface area contributed by atoms with Crippen LogP contribution in [0, 0.1) is 0 Å². The number of hydrogen-bond donors (Lipinski definition) is 1. The lowest BCUT2D eigenvalue weighted by Gasteiger charge is -2.29. The number of thiophene rings is 1. The normalized spacial score (nSPS) is 14.0. The molecule has 0 bridgehead atoms. The Kier molecular flexibility index (Phi) is 3.43. The second kappa shape index (κ2) is 5.81. The maximum absolute atomic E-state index is 6.25. The first kappa shape index (κ1) is 15.3. The molecule has 130 valence electrons. The number of anilines is 2. The lowest BCUT2D eigenvalue weighted by atomic mass is 10.0. The predicted molar refractivity (Wildman–Crippen MR) is 105 cm³/mol. The number of nitrogens with two attached hydrogens (primary N) is 1. The Labute approximate surface area is 154 Å². The molecule has 0 saturated heterocycles. The Bertz CT molecular complexity index is 1100. The highest BCUT2D eigenvalue weighted by molar-refractivity contribution is 7.13. The lowest BCUT2D eigenvalue weighted by Crippen LogP contribution is -2.31. The van der Waals surface area contributed by atoms with E-state index in [1.807, 2.05) is 18.5 Å². The monoisotopic (exact) mass is 362 g/mol. The van der Waals surface area contributed by atoms with Crippen molar-refractivity contribution in [2.45, 2.75) is 13.0 Å². The zero-order valence-corrected chi connectivity index (χ0v) is 15.2. The number of hydrogen-bond acceptors (Lipinski definition) is 6. The summed E-state index contributed by atoms with van der Waals surface area (Å²) in [4.78, 5) is 12.9. The van der Waals surface area contributed by atoms with Crippen molar-refractivity contribution in [2.75, 3.05) is 17.2 Å². The number of benzene rings is 1. The van der Waals surface area contributed by atoms with E-state index in [0.717, 1.165) is 35.5 Å². The molecule has 4 heterocycles. The van der Waals surface area contributed by atoms with Gasteiger partial charge in [0.15, 0.2) is 5.65 Å². The van der Waals surface area contributed by atoms with E-state index >= 15 is 0 Å². The fourth-order valence-corrected chi connectivity index (χ4v) is 4.22. The van der Waals surface area contributed by atoms with Crippen molar-refractivity contribution in [3.05, 3.63) is 52.9 Å². The van der Waals surface area contributed by atoms with Crippen molar-refractivity contribution in [3.63, 3.8) is 0 Å². The average Bonchev–Trinajstić information content (AvgIpc) is 3.30. The van der Waals surface area contributed by atoms with Crippen LogP contribution in [0.15, 0.2) is 41.8 Å². The van der Waals surface area contributed by atoms with Gasteiger partial charge in [-0.05, 0) is 29.0 Å². The first-order valence-corrected chi connectivity index (χ1v) is 9.44. The minimum absolute atomic E-state index is 0.596. The molecule has 2 N–H and O–H groups in total. The fraction of sp³-hybridized carbons (Fsp3) is 0.211. The smallest absolute Gasteiger partial charge is 0.228 e. The van der Waals surface area contributed by atoms with Gasteiger partial charge in [0.25, 0.3) is 0 Å². The lowest BCUT2D eigenvalue weighted by molar-refractivity contribution is 0.709. The van der Waals surface area contributed by atoms with E-state index in [4.69, 9.17) is 15.7 Å². The Hall–Kier alpha value is -2.93. The van der Waals surface area contributed by atoms with Crippen molar-refractivity contribution in [3.8, 4) is 10.6 Å². The van der Waals surface area contributed by atoms with Gasteiger partial charge >= 0.3 is 0 Å². The number of aromatic nitrogens is 4. The van der Waals surface area contributed by atoms with Crippen molar-refractivity contribution in [1.29, 1.82) is 0 Å². The van der Waals surface area contributed by atoms with Crippen molar-refractivity contribution < 1.29 is 0 Å². The molecule has 0 radical (unpaired) electrons. The first-order valence-electron chi connectivity index (χ1n) is 8.56. The fourth-order valence-electron chi connectivity index (χ4n) is 3.50. The van der Waals surface area contributed by atoms with Crippen LogP contribution in [0.2, 0.25) is 0 Å². The topological polar surface area (TPSA) is 72.9 Å². The largest absolute Gasteiger partial charge is 0.383 e. The van der Waals surface area contributed by atoms with Crippen molar-refractivity contribution in [1.82, 2.24) is 19.7 Å². The molecule has 4 aromatic rings. The summed E-state index contributed by atoms with van der Waals surface area (Å²) >= 11 is 1.65. The number of aryl methyl sites for hydroxylation is 1. The molecule has 1 aliphatic rings. The zero-order valence-electron chi connectivity index (χ0n) is 14.4. The second-order valence-electron chi connectivity index (χ2n) is 6.50. The summed E-state index contributed by atoms with van der Waals surface area (Å²) in [6.45, 7) is 1.71. The van der Waals surface area contributed by atoms with Crippen molar-refractivity contribution >= 4 is 34.1 Å². The third-order valence-electron chi connectivity index (χ3n) is 4.90. The molecule has 0 aliphatic carbocycles. The van der Waals surface area contributed by atoms with E-state index in [2.05, 4.69) is 40.3 Å². The molecule has 6 nitrogen and oxygen atoms in total. The van der Waals surface area contributed by atoms with Crippen LogP contribution >= 0.6 is 11.3 Å². The summed E-state index contributed by atoms with van der Waals surface area (Å²) in [5, 5.41) is 7.38. The highest BCUT2D eigenvalue weighted by atomic mass is 32.1. The van der Waals surface area contributed by atoms with Crippen LogP contribution in [0.3, 0.4) is 0 Å². The quantitative estimate of drug-likeness (QED) is 0.593. The van der Waals surface area contributed by atoms with Gasteiger partial charge in [0.2, 0.25) is 5.95 Å². The molecule has 0 spiro atoms. The van der Waals surface area contributed by atoms with Gasteiger partial charge in [0.05, 0.1) is 16.0 Å². The van der Waals surface area contributed by atoms with Crippen LogP contribution in [0.1, 0.15) is 11.1 Å². The molecule has 0 atom stereocenters. The molecule has 3 aromatic heterocycles. The van der Waals surface area contributed by atoms with E-state index in [9.17, 15) is 0 Å². The van der Waals surface area contributed by atoms with E-state index in [1.54, 1.807) is 16.0 Å². The average molecular weight is 362 g/mol. The van der Waals surface area contributed by atoms with Crippen LogP contribution in [0.4, 0.5) is 11.8 Å². The van der Waals surface area contributed by atoms with Gasteiger partial charge in [0.1, 0.15) is 5.82 Å². The van der Waals surface area contributed by atoms with Crippen LogP contribution < -0.4 is 10.6 Å². The highest BCUT2D eigenvalue weighted by Gasteiger charge is 2.23. The molecule has 1 aromatic carbocycles. The molecule has 5 rings (SSSR count). The molecule has 0 fully saturated rings. The zero-order chi connectivity index (χ0) is 17.7. The molecule has 0 unspecified atom stereocenters. The Balaban J connectivity index is 1.66. The summed E-state index contributed by atoms with van der Waals surface area (Å²) in [5.41, 5.74) is 10.5. The first-order chi connectivity index (χ1) is 12.7. The molecule has 26 heavy (non-hydrogen) atoms. The minimum atomic E-state index is 0.596. The Morgan fingerprint density at radius 3 is 2.73 bits per heavy atom. The third-order valence-corrected chi connectivity index (χ3v) is 5.77. The maximum atomic E-state index is 6.25. The molecular weight excluding hydrogens is 344 g/mol. The number of nitrogens with zero attached hydrogens (tertiary/aromatic N) is 5. The van der Waals surface area contributed by atoms with E-state index in [1.165, 1.54) is 11.1 Å². The van der Waals surface area contributed by atoms with Crippen LogP contribution in [0.25, 0.3) is 21.6 Å². The summed E-state index contributed by atoms with van der Waals surface area (Å²) in [6.07, 6.45) is 0.996. The molecule has 0 amide bonds. The second-order valence-corrected chi connectivity index (χ2v) is 7.44. The molecule has 7 heteroatoms. The van der Waals surface area contributed by atoms with Gasteiger partial charge in [0, 0.05) is 20.1 Å². The molecular formula is C19H18N6S. The van der Waals surface area contributed by atoms with Crippen LogP contribution in [0.5, 0.6) is 0 Å². The molecule has 1 aliphatic heterocycles. The molecule has 0 saturated carbocycles. The van der Waals surface area contributed by atoms with E-state index < -0.39 is 0 Å². The van der Waals surface area contributed by atoms with E-state index in [0.29, 0.717) is 17.4 Å². The summed E-state index contributed by atoms with van der Waals surface area (Å²) in [5.74, 6) is 1.31. The summed E-state index contributed by atoms with van der Waals surface area (Å²) < 4.78 is 1.67. The Morgan fingerprint density at radius 1 is 1.08 bits per heavy atom. The highest BCUT2D eigenvalue weighted by Crippen LogP contribution is 2.34. The summed E-state index contributed by atoms with van der Waals surface area (Å²) in [6, 6.07) is 12.7. The summed E-state index contributed by atoms with van der Waals surface area (Å²) in [7, 11) is 1.84. The predicted octanol–water partition coefficient (Wildman–Crippen LogP) is 3.24. The SMILES string of the molecule is Cn1nc2nc(N3CCc4ccccc4C3)nc(-c3cccs3)c2c1N. The van der Waals surface area contributed by atoms with Gasteiger partial charge < -0.3 is 10.6 Å². The maximum Gasteiger partial charge on any atom is 0.228 e. The van der Waals surface area contributed by atoms with E-state index in [-0.39, 0.29) is 0 Å². The third kappa shape index (κ3) is 2.35. The van der Waals surface area contributed by atoms with Gasteiger partial charge in [-0.3, -0.25) is 4.68 Å². The number of nitrogen functional groups attached to an aromatic ring is 1. The van der Waals surface area contributed by atoms with Crippen LogP contribution in [-0.4, -0.2) is 26.3 Å².